The van der Waals surface area contributed by atoms with Crippen LogP contribution in [0.4, 0.5) is 5.82 Å². The Morgan fingerprint density at radius 1 is 1.06 bits per heavy atom. The molecule has 1 N–H and O–H groups in total. The van der Waals surface area contributed by atoms with Crippen LogP contribution in [0.1, 0.15) is 95.8 Å². The zero-order valence-corrected chi connectivity index (χ0v) is 20.4. The van der Waals surface area contributed by atoms with Crippen LogP contribution in [0.5, 0.6) is 0 Å². The molecular weight excluding hydrogens is 414 g/mol. The van der Waals surface area contributed by atoms with Crippen LogP contribution in [0.2, 0.25) is 0 Å². The molecule has 1 aromatic heterocycles. The van der Waals surface area contributed by atoms with Crippen LogP contribution >= 0.6 is 0 Å². The minimum atomic E-state index is -0.601. The van der Waals surface area contributed by atoms with Crippen LogP contribution in [0.15, 0.2) is 28.6 Å². The van der Waals surface area contributed by atoms with Crippen molar-refractivity contribution >= 4 is 17.6 Å². The first-order valence-electron chi connectivity index (χ1n) is 12.6. The summed E-state index contributed by atoms with van der Waals surface area (Å²) in [4.78, 5) is 28.1. The number of aliphatic carboxylic acids is 1. The normalized spacial score (nSPS) is 44.3. The van der Waals surface area contributed by atoms with E-state index >= 15 is 0 Å². The Kier molecular flexibility index (Phi) is 5.11. The van der Waals surface area contributed by atoms with Crippen molar-refractivity contribution in [2.45, 2.75) is 91.5 Å². The Morgan fingerprint density at radius 2 is 1.82 bits per heavy atom. The predicted octanol–water partition coefficient (Wildman–Crippen LogP) is 6.62. The first-order valence-corrected chi connectivity index (χ1v) is 12.6. The zero-order valence-electron chi connectivity index (χ0n) is 20.4. The lowest BCUT2D eigenvalue weighted by Gasteiger charge is -2.64. The summed E-state index contributed by atoms with van der Waals surface area (Å²) in [7, 11) is 0. The molecule has 0 radical (unpaired) electrons. The number of rotatable bonds is 4. The van der Waals surface area contributed by atoms with E-state index in [-0.39, 0.29) is 34.0 Å². The Morgan fingerprint density at radius 3 is 2.48 bits per heavy atom. The number of fused-ring (bicyclic) bond motifs is 3. The topological polar surface area (TPSA) is 92.0 Å². The second kappa shape index (κ2) is 7.44. The Hall–Kier alpha value is -2.11. The molecule has 6 nitrogen and oxygen atoms in total. The highest BCUT2D eigenvalue weighted by molar-refractivity contribution is 5.93. The van der Waals surface area contributed by atoms with Gasteiger partial charge in [-0.3, -0.25) is 9.59 Å². The summed E-state index contributed by atoms with van der Waals surface area (Å²) in [6.45, 7) is 8.35. The van der Waals surface area contributed by atoms with E-state index in [1.54, 1.807) is 18.3 Å². The molecule has 4 saturated carbocycles. The molecule has 0 aliphatic heterocycles. The minimum absolute atomic E-state index is 0.000890. The molecule has 6 heteroatoms. The molecule has 5 rings (SSSR count). The summed E-state index contributed by atoms with van der Waals surface area (Å²) in [5, 5.41) is 19.5. The number of azo groups is 1. The van der Waals surface area contributed by atoms with Crippen molar-refractivity contribution in [3.05, 3.63) is 23.9 Å². The van der Waals surface area contributed by atoms with E-state index in [0.29, 0.717) is 17.3 Å². The van der Waals surface area contributed by atoms with Crippen molar-refractivity contribution in [2.75, 3.05) is 0 Å². The Bertz CT molecular complexity index is 1010. The molecule has 0 amide bonds. The highest BCUT2D eigenvalue weighted by Gasteiger charge is 2.68. The molecule has 3 unspecified atom stereocenters. The number of hydrogen-bond acceptors (Lipinski definition) is 5. The van der Waals surface area contributed by atoms with Gasteiger partial charge in [-0.1, -0.05) is 20.3 Å². The molecule has 0 aromatic carbocycles. The van der Waals surface area contributed by atoms with Gasteiger partial charge in [0.1, 0.15) is 0 Å². The fraction of sp³-hybridized carbons (Fsp3) is 0.741. The molecule has 1 aromatic rings. The number of carboxylic acid groups (broad SMARTS) is 1. The van der Waals surface area contributed by atoms with Crippen LogP contribution in [-0.2, 0) is 4.79 Å². The maximum atomic E-state index is 12.3. The van der Waals surface area contributed by atoms with E-state index in [1.165, 1.54) is 19.8 Å². The van der Waals surface area contributed by atoms with Crippen LogP contribution in [-0.4, -0.2) is 27.9 Å². The molecule has 7 atom stereocenters. The number of nitrogens with zero attached hydrogens (tertiary/aromatic N) is 3. The Balaban J connectivity index is 1.41. The number of aromatic nitrogens is 1. The van der Waals surface area contributed by atoms with Gasteiger partial charge < -0.3 is 5.11 Å². The van der Waals surface area contributed by atoms with Crippen molar-refractivity contribution in [2.24, 2.45) is 43.7 Å². The third kappa shape index (κ3) is 3.30. The number of carbonyl (C=O) groups excluding carboxylic acids is 1. The lowest BCUT2D eigenvalue weighted by atomic mass is 9.40. The molecule has 178 valence electrons. The monoisotopic (exact) mass is 451 g/mol. The van der Waals surface area contributed by atoms with Crippen molar-refractivity contribution in [3.8, 4) is 0 Å². The highest BCUT2D eigenvalue weighted by Crippen LogP contribution is 2.74. The molecular formula is C27H37N3O3. The molecule has 4 aliphatic carbocycles. The average Bonchev–Trinajstić information content (AvgIpc) is 2.96. The van der Waals surface area contributed by atoms with E-state index in [9.17, 15) is 14.7 Å². The Labute approximate surface area is 196 Å². The van der Waals surface area contributed by atoms with Gasteiger partial charge in [0, 0.05) is 11.8 Å². The van der Waals surface area contributed by atoms with Gasteiger partial charge in [-0.2, -0.15) is 5.11 Å². The first kappa shape index (κ1) is 22.7. The summed E-state index contributed by atoms with van der Waals surface area (Å²) in [5.74, 6) is 0.791. The van der Waals surface area contributed by atoms with Crippen LogP contribution in [0.3, 0.4) is 0 Å². The number of carboxylic acids is 1. The van der Waals surface area contributed by atoms with Crippen molar-refractivity contribution < 1.29 is 14.7 Å². The largest absolute Gasteiger partial charge is 0.481 e. The lowest BCUT2D eigenvalue weighted by Crippen LogP contribution is -2.58. The van der Waals surface area contributed by atoms with Crippen LogP contribution < -0.4 is 0 Å². The highest BCUT2D eigenvalue weighted by atomic mass is 16.4. The predicted molar refractivity (Wildman–Crippen MR) is 125 cm³/mol. The summed E-state index contributed by atoms with van der Waals surface area (Å²) in [5.41, 5.74) is 0.495. The second-order valence-electron chi connectivity index (χ2n) is 12.4. The standard InChI is InChI=1S/C27H37N3O3/c1-17(31)18-6-7-22(28-15-18)30-29-21-14-27-13-9-19-25(3,10-5-11-26(19,4)23(32)33)20(27)8-12-24(21,2)16-27/h6-7,15,19-21H,5,8-14,16H2,1-4H3,(H,32,33)/t19?,20?,21?,24-,25+,26+,27-/m0/s1. The van der Waals surface area contributed by atoms with Gasteiger partial charge in [0.2, 0.25) is 0 Å². The van der Waals surface area contributed by atoms with Crippen molar-refractivity contribution in [3.63, 3.8) is 0 Å². The number of pyridine rings is 1. The molecule has 0 saturated heterocycles. The van der Waals surface area contributed by atoms with Crippen molar-refractivity contribution in [1.82, 2.24) is 4.98 Å². The molecule has 1 heterocycles. The fourth-order valence-electron chi connectivity index (χ4n) is 8.95. The van der Waals surface area contributed by atoms with Gasteiger partial charge in [-0.25, -0.2) is 4.98 Å². The second-order valence-corrected chi connectivity index (χ2v) is 12.4. The SMILES string of the molecule is CC(=O)c1ccc(N=NC2C[C@]34CCC5[C@@](C)(CCC[C@@]5(C)C(=O)O)C3CC[C@@]2(C)C4)nc1. The van der Waals surface area contributed by atoms with Gasteiger partial charge in [0.15, 0.2) is 11.6 Å². The summed E-state index contributed by atoms with van der Waals surface area (Å²) in [6, 6.07) is 3.70. The van der Waals surface area contributed by atoms with E-state index < -0.39 is 11.4 Å². The lowest BCUT2D eigenvalue weighted by molar-refractivity contribution is -0.182. The van der Waals surface area contributed by atoms with Gasteiger partial charge in [-0.15, -0.1) is 5.11 Å². The van der Waals surface area contributed by atoms with E-state index in [0.717, 1.165) is 44.9 Å². The number of ketones is 1. The zero-order chi connectivity index (χ0) is 23.6. The van der Waals surface area contributed by atoms with E-state index in [1.807, 2.05) is 6.92 Å². The smallest absolute Gasteiger partial charge is 0.309 e. The van der Waals surface area contributed by atoms with Gasteiger partial charge in [0.05, 0.1) is 11.5 Å². The van der Waals surface area contributed by atoms with Crippen molar-refractivity contribution in [1.29, 1.82) is 0 Å². The summed E-state index contributed by atoms with van der Waals surface area (Å²) < 4.78 is 0. The summed E-state index contributed by atoms with van der Waals surface area (Å²) >= 11 is 0. The third-order valence-electron chi connectivity index (χ3n) is 10.5. The summed E-state index contributed by atoms with van der Waals surface area (Å²) in [6.07, 6.45) is 11.2. The molecule has 33 heavy (non-hydrogen) atoms. The van der Waals surface area contributed by atoms with E-state index in [4.69, 9.17) is 5.11 Å². The number of hydrogen-bond donors (Lipinski definition) is 1. The van der Waals surface area contributed by atoms with Crippen LogP contribution in [0.25, 0.3) is 0 Å². The first-order chi connectivity index (χ1) is 15.5. The molecule has 2 bridgehead atoms. The molecule has 4 aliphatic rings. The average molecular weight is 452 g/mol. The van der Waals surface area contributed by atoms with Crippen LogP contribution in [0, 0.1) is 33.5 Å². The van der Waals surface area contributed by atoms with E-state index in [2.05, 4.69) is 23.9 Å². The maximum absolute atomic E-state index is 12.3. The maximum Gasteiger partial charge on any atom is 0.309 e. The minimum Gasteiger partial charge on any atom is -0.481 e. The van der Waals surface area contributed by atoms with Gasteiger partial charge >= 0.3 is 5.97 Å². The molecule has 4 fully saturated rings. The van der Waals surface area contributed by atoms with Gasteiger partial charge in [0.25, 0.3) is 0 Å². The number of Topliss-reactive ketones (excluding diaryl/α,β-unsaturated/α-hetero) is 1. The quantitative estimate of drug-likeness (QED) is 0.411. The number of carbonyl (C=O) groups is 2. The van der Waals surface area contributed by atoms with Gasteiger partial charge in [-0.05, 0) is 105 Å². The third-order valence-corrected chi connectivity index (χ3v) is 10.5. The molecule has 1 spiro atoms. The fourth-order valence-corrected chi connectivity index (χ4v) is 8.95.